The van der Waals surface area contributed by atoms with Crippen LogP contribution in [0.1, 0.15) is 27.0 Å². The van der Waals surface area contributed by atoms with Gasteiger partial charge in [0.15, 0.2) is 5.78 Å². The number of ketones is 1. The summed E-state index contributed by atoms with van der Waals surface area (Å²) in [6.07, 6.45) is -0.00141. The summed E-state index contributed by atoms with van der Waals surface area (Å²) in [4.78, 5) is 12.1. The smallest absolute Gasteiger partial charge is 0.167 e. The zero-order valence-electron chi connectivity index (χ0n) is 10.8. The highest BCUT2D eigenvalue weighted by atomic mass is 19.1. The number of aryl methyl sites for hydroxylation is 2. The molecule has 98 valence electrons. The standard InChI is InChI=1S/C16H14F2O/c1-10-3-4-15(11(2)5-10)16(19)8-12-6-13(17)9-14(18)7-12/h3-7,9H,8H2,1-2H3. The van der Waals surface area contributed by atoms with Gasteiger partial charge in [-0.15, -0.1) is 0 Å². The van der Waals surface area contributed by atoms with Crippen molar-refractivity contribution in [2.24, 2.45) is 0 Å². The number of benzene rings is 2. The summed E-state index contributed by atoms with van der Waals surface area (Å²) in [5.41, 5.74) is 2.89. The molecule has 3 heteroatoms. The lowest BCUT2D eigenvalue weighted by atomic mass is 9.98. The molecule has 0 saturated carbocycles. The van der Waals surface area contributed by atoms with Gasteiger partial charge in [0.1, 0.15) is 11.6 Å². The van der Waals surface area contributed by atoms with E-state index in [0.29, 0.717) is 11.1 Å². The van der Waals surface area contributed by atoms with E-state index in [2.05, 4.69) is 0 Å². The van der Waals surface area contributed by atoms with Crippen molar-refractivity contribution in [1.29, 1.82) is 0 Å². The Balaban J connectivity index is 2.25. The van der Waals surface area contributed by atoms with Crippen molar-refractivity contribution in [2.45, 2.75) is 20.3 Å². The first-order valence-corrected chi connectivity index (χ1v) is 6.01. The predicted molar refractivity (Wildman–Crippen MR) is 70.3 cm³/mol. The molecule has 0 atom stereocenters. The minimum Gasteiger partial charge on any atom is -0.294 e. The molecule has 0 amide bonds. The second-order valence-electron chi connectivity index (χ2n) is 4.70. The summed E-state index contributed by atoms with van der Waals surface area (Å²) in [6.45, 7) is 3.80. The first kappa shape index (κ1) is 13.4. The van der Waals surface area contributed by atoms with E-state index in [0.717, 1.165) is 17.2 Å². The van der Waals surface area contributed by atoms with Crippen LogP contribution in [-0.4, -0.2) is 5.78 Å². The van der Waals surface area contributed by atoms with E-state index in [4.69, 9.17) is 0 Å². The Morgan fingerprint density at radius 1 is 1.00 bits per heavy atom. The zero-order valence-corrected chi connectivity index (χ0v) is 10.8. The maximum absolute atomic E-state index is 13.1. The third-order valence-electron chi connectivity index (χ3n) is 2.97. The second kappa shape index (κ2) is 5.31. The van der Waals surface area contributed by atoms with Gasteiger partial charge in [-0.2, -0.15) is 0 Å². The van der Waals surface area contributed by atoms with Crippen LogP contribution < -0.4 is 0 Å². The van der Waals surface area contributed by atoms with Crippen LogP contribution in [0.2, 0.25) is 0 Å². The molecule has 0 aliphatic rings. The van der Waals surface area contributed by atoms with Gasteiger partial charge in [0, 0.05) is 18.1 Å². The average molecular weight is 260 g/mol. The van der Waals surface area contributed by atoms with Crippen LogP contribution in [0.5, 0.6) is 0 Å². The normalized spacial score (nSPS) is 10.5. The number of Topliss-reactive ketones (excluding diaryl/α,β-unsaturated/α-hetero) is 1. The lowest BCUT2D eigenvalue weighted by Crippen LogP contribution is -2.06. The van der Waals surface area contributed by atoms with Gasteiger partial charge in [0.25, 0.3) is 0 Å². The van der Waals surface area contributed by atoms with E-state index in [-0.39, 0.29) is 12.2 Å². The molecule has 0 radical (unpaired) electrons. The van der Waals surface area contributed by atoms with Crippen molar-refractivity contribution in [3.8, 4) is 0 Å². The molecular weight excluding hydrogens is 246 g/mol. The van der Waals surface area contributed by atoms with Crippen LogP contribution in [0.25, 0.3) is 0 Å². The van der Waals surface area contributed by atoms with E-state index in [1.807, 2.05) is 26.0 Å². The minimum atomic E-state index is -0.663. The fraction of sp³-hybridized carbons (Fsp3) is 0.188. The molecule has 0 aromatic heterocycles. The molecule has 0 N–H and O–H groups in total. The molecule has 2 aromatic rings. The molecule has 0 saturated heterocycles. The van der Waals surface area contributed by atoms with Gasteiger partial charge < -0.3 is 0 Å². The SMILES string of the molecule is Cc1ccc(C(=O)Cc2cc(F)cc(F)c2)c(C)c1. The molecule has 0 aliphatic heterocycles. The van der Waals surface area contributed by atoms with Crippen LogP contribution in [0.3, 0.4) is 0 Å². The largest absolute Gasteiger partial charge is 0.294 e. The van der Waals surface area contributed by atoms with Crippen LogP contribution in [0, 0.1) is 25.5 Å². The van der Waals surface area contributed by atoms with Crippen molar-refractivity contribution in [1.82, 2.24) is 0 Å². The highest BCUT2D eigenvalue weighted by molar-refractivity contribution is 5.98. The highest BCUT2D eigenvalue weighted by Crippen LogP contribution is 2.15. The lowest BCUT2D eigenvalue weighted by Gasteiger charge is -2.06. The average Bonchev–Trinajstić information content (AvgIpc) is 2.26. The molecule has 0 spiro atoms. The molecule has 0 fully saturated rings. The van der Waals surface area contributed by atoms with Crippen LogP contribution >= 0.6 is 0 Å². The van der Waals surface area contributed by atoms with E-state index >= 15 is 0 Å². The third-order valence-corrected chi connectivity index (χ3v) is 2.97. The highest BCUT2D eigenvalue weighted by Gasteiger charge is 2.11. The van der Waals surface area contributed by atoms with Crippen molar-refractivity contribution >= 4 is 5.78 Å². The molecule has 19 heavy (non-hydrogen) atoms. The molecular formula is C16H14F2O. The van der Waals surface area contributed by atoms with Crippen molar-refractivity contribution < 1.29 is 13.6 Å². The van der Waals surface area contributed by atoms with Gasteiger partial charge in [-0.3, -0.25) is 4.79 Å². The zero-order chi connectivity index (χ0) is 14.0. The summed E-state index contributed by atoms with van der Waals surface area (Å²) in [7, 11) is 0. The Kier molecular flexibility index (Phi) is 3.74. The first-order chi connectivity index (χ1) is 8.95. The maximum Gasteiger partial charge on any atom is 0.167 e. The first-order valence-electron chi connectivity index (χ1n) is 6.01. The summed E-state index contributed by atoms with van der Waals surface area (Å²) < 4.78 is 26.1. The summed E-state index contributed by atoms with van der Waals surface area (Å²) in [5.74, 6) is -1.46. The lowest BCUT2D eigenvalue weighted by molar-refractivity contribution is 0.0992. The Bertz CT molecular complexity index is 612. The van der Waals surface area contributed by atoms with Crippen molar-refractivity contribution in [3.05, 3.63) is 70.3 Å². The van der Waals surface area contributed by atoms with E-state index in [1.54, 1.807) is 6.07 Å². The third kappa shape index (κ3) is 3.25. The van der Waals surface area contributed by atoms with E-state index in [9.17, 15) is 13.6 Å². The summed E-state index contributed by atoms with van der Waals surface area (Å²) in [5, 5.41) is 0. The quantitative estimate of drug-likeness (QED) is 0.762. The van der Waals surface area contributed by atoms with Crippen molar-refractivity contribution in [3.63, 3.8) is 0 Å². The van der Waals surface area contributed by atoms with Crippen LogP contribution in [0.4, 0.5) is 8.78 Å². The molecule has 2 aromatic carbocycles. The fourth-order valence-corrected chi connectivity index (χ4v) is 2.12. The molecule has 0 heterocycles. The number of carbonyl (C=O) groups is 1. The Morgan fingerprint density at radius 3 is 2.21 bits per heavy atom. The fourth-order valence-electron chi connectivity index (χ4n) is 2.12. The summed E-state index contributed by atoms with van der Waals surface area (Å²) in [6, 6.07) is 8.69. The topological polar surface area (TPSA) is 17.1 Å². The number of hydrogen-bond acceptors (Lipinski definition) is 1. The number of halogens is 2. The van der Waals surface area contributed by atoms with E-state index < -0.39 is 11.6 Å². The Labute approximate surface area is 110 Å². The van der Waals surface area contributed by atoms with Gasteiger partial charge in [-0.25, -0.2) is 8.78 Å². The number of rotatable bonds is 3. The monoisotopic (exact) mass is 260 g/mol. The molecule has 0 unspecified atom stereocenters. The second-order valence-corrected chi connectivity index (χ2v) is 4.70. The van der Waals surface area contributed by atoms with Crippen molar-refractivity contribution in [2.75, 3.05) is 0 Å². The number of carbonyl (C=O) groups excluding carboxylic acids is 1. The van der Waals surface area contributed by atoms with Gasteiger partial charge in [-0.1, -0.05) is 23.8 Å². The molecule has 1 nitrogen and oxygen atoms in total. The number of hydrogen-bond donors (Lipinski definition) is 0. The maximum atomic E-state index is 13.1. The van der Waals surface area contributed by atoms with Gasteiger partial charge in [0.2, 0.25) is 0 Å². The molecule has 0 aliphatic carbocycles. The van der Waals surface area contributed by atoms with E-state index in [1.165, 1.54) is 12.1 Å². The van der Waals surface area contributed by atoms with Gasteiger partial charge in [-0.05, 0) is 37.1 Å². The van der Waals surface area contributed by atoms with Gasteiger partial charge in [0.05, 0.1) is 0 Å². The predicted octanol–water partition coefficient (Wildman–Crippen LogP) is 4.01. The van der Waals surface area contributed by atoms with Gasteiger partial charge >= 0.3 is 0 Å². The van der Waals surface area contributed by atoms with Crippen LogP contribution in [0.15, 0.2) is 36.4 Å². The molecule has 2 rings (SSSR count). The Morgan fingerprint density at radius 2 is 1.63 bits per heavy atom. The molecule has 0 bridgehead atoms. The minimum absolute atomic E-state index is 0.00141. The Hall–Kier alpha value is -2.03. The summed E-state index contributed by atoms with van der Waals surface area (Å²) >= 11 is 0. The van der Waals surface area contributed by atoms with Crippen LogP contribution in [-0.2, 0) is 6.42 Å².